The first-order valence-electron chi connectivity index (χ1n) is 7.49. The third-order valence-electron chi connectivity index (χ3n) is 3.88. The van der Waals surface area contributed by atoms with Gasteiger partial charge in [-0.1, -0.05) is 17.7 Å². The predicted molar refractivity (Wildman–Crippen MR) is 105 cm³/mol. The second kappa shape index (κ2) is 7.67. The Kier molecular flexibility index (Phi) is 5.71. The van der Waals surface area contributed by atoms with Gasteiger partial charge in [-0.25, -0.2) is 13.1 Å². The van der Waals surface area contributed by atoms with E-state index in [1.165, 1.54) is 48.0 Å². The highest BCUT2D eigenvalue weighted by molar-refractivity contribution is 7.89. The van der Waals surface area contributed by atoms with E-state index >= 15 is 0 Å². The van der Waals surface area contributed by atoms with Crippen LogP contribution in [0.25, 0.3) is 0 Å². The highest BCUT2D eigenvalue weighted by Gasteiger charge is 2.34. The molecule has 1 unspecified atom stereocenters. The van der Waals surface area contributed by atoms with Gasteiger partial charge in [0, 0.05) is 17.0 Å². The molecule has 2 heterocycles. The maximum Gasteiger partial charge on any atom is 0.240 e. The van der Waals surface area contributed by atoms with Crippen molar-refractivity contribution in [2.24, 2.45) is 0 Å². The Morgan fingerprint density at radius 2 is 2.08 bits per heavy atom. The van der Waals surface area contributed by atoms with Gasteiger partial charge in [0.05, 0.1) is 17.0 Å². The van der Waals surface area contributed by atoms with Crippen molar-refractivity contribution in [3.05, 3.63) is 68.0 Å². The molecule has 3 aromatic rings. The minimum atomic E-state index is -3.87. The smallest absolute Gasteiger partial charge is 0.240 e. The molecule has 0 spiro atoms. The molecule has 0 aliphatic carbocycles. The van der Waals surface area contributed by atoms with Crippen molar-refractivity contribution in [3.8, 4) is 5.75 Å². The molecule has 0 saturated heterocycles. The molecule has 26 heavy (non-hydrogen) atoms. The van der Waals surface area contributed by atoms with Crippen molar-refractivity contribution in [2.45, 2.75) is 10.5 Å². The first-order valence-corrected chi connectivity index (χ1v) is 11.2. The van der Waals surface area contributed by atoms with Crippen LogP contribution in [-0.4, -0.2) is 27.2 Å². The van der Waals surface area contributed by atoms with Crippen LogP contribution in [0, 0.1) is 0 Å². The fraction of sp³-hybridized carbons (Fsp3) is 0.176. The van der Waals surface area contributed by atoms with Crippen LogP contribution in [0.1, 0.15) is 10.4 Å². The number of ether oxygens (including phenoxy) is 1. The Hall–Kier alpha value is -1.42. The standard InChI is InChI=1S/C17H16ClNO4S3/c1-23-15-5-4-13(9-14(15)18)26(21,22)19-11-17(20,12-6-8-24-10-12)16-3-2-7-25-16/h2-10,19-20H,11H2,1H3. The molecule has 9 heteroatoms. The van der Waals surface area contributed by atoms with Crippen LogP contribution in [0.15, 0.2) is 57.4 Å². The highest BCUT2D eigenvalue weighted by atomic mass is 35.5. The summed E-state index contributed by atoms with van der Waals surface area (Å²) in [6.45, 7) is -0.198. The molecule has 0 aliphatic rings. The quantitative estimate of drug-likeness (QED) is 0.600. The molecule has 2 N–H and O–H groups in total. The second-order valence-electron chi connectivity index (χ2n) is 5.47. The van der Waals surface area contributed by atoms with E-state index in [-0.39, 0.29) is 16.5 Å². The van der Waals surface area contributed by atoms with E-state index in [9.17, 15) is 13.5 Å². The lowest BCUT2D eigenvalue weighted by Crippen LogP contribution is -2.40. The van der Waals surface area contributed by atoms with Gasteiger partial charge in [-0.3, -0.25) is 0 Å². The monoisotopic (exact) mass is 429 g/mol. The number of hydrogen-bond donors (Lipinski definition) is 2. The number of halogens is 1. The summed E-state index contributed by atoms with van der Waals surface area (Å²) in [7, 11) is -2.41. The van der Waals surface area contributed by atoms with Crippen molar-refractivity contribution in [3.63, 3.8) is 0 Å². The molecule has 1 atom stereocenters. The van der Waals surface area contributed by atoms with Crippen LogP contribution in [0.2, 0.25) is 5.02 Å². The van der Waals surface area contributed by atoms with Gasteiger partial charge in [0.15, 0.2) is 0 Å². The molecule has 2 aromatic heterocycles. The zero-order valence-corrected chi connectivity index (χ0v) is 16.9. The maximum atomic E-state index is 12.7. The summed E-state index contributed by atoms with van der Waals surface area (Å²) in [6, 6.07) is 9.58. The molecular formula is C17H16ClNO4S3. The summed E-state index contributed by atoms with van der Waals surface area (Å²) in [6.07, 6.45) is 0. The first kappa shape index (κ1) is 19.3. The predicted octanol–water partition coefficient (Wildman–Crippen LogP) is 3.69. The van der Waals surface area contributed by atoms with Gasteiger partial charge < -0.3 is 9.84 Å². The summed E-state index contributed by atoms with van der Waals surface area (Å²) in [4.78, 5) is 0.661. The molecule has 0 fully saturated rings. The largest absolute Gasteiger partial charge is 0.495 e. The lowest BCUT2D eigenvalue weighted by Gasteiger charge is -2.27. The summed E-state index contributed by atoms with van der Waals surface area (Å²) >= 11 is 8.82. The van der Waals surface area contributed by atoms with Crippen LogP contribution >= 0.6 is 34.3 Å². The Labute approximate surface area is 164 Å². The number of benzene rings is 1. The minimum absolute atomic E-state index is 0.00199. The van der Waals surface area contributed by atoms with Crippen molar-refractivity contribution in [1.82, 2.24) is 4.72 Å². The number of hydrogen-bond acceptors (Lipinski definition) is 6. The van der Waals surface area contributed by atoms with E-state index in [1.54, 1.807) is 17.5 Å². The molecule has 0 radical (unpaired) electrons. The summed E-state index contributed by atoms with van der Waals surface area (Å²) in [5.41, 5.74) is -0.808. The van der Waals surface area contributed by atoms with Crippen LogP contribution in [0.5, 0.6) is 5.75 Å². The molecule has 3 rings (SSSR count). The molecule has 0 saturated carbocycles. The molecule has 1 aromatic carbocycles. The fourth-order valence-electron chi connectivity index (χ4n) is 2.44. The van der Waals surface area contributed by atoms with Crippen molar-refractivity contribution < 1.29 is 18.3 Å². The van der Waals surface area contributed by atoms with E-state index in [1.807, 2.05) is 16.8 Å². The topological polar surface area (TPSA) is 75.6 Å². The van der Waals surface area contributed by atoms with E-state index in [4.69, 9.17) is 16.3 Å². The Morgan fingerprint density at radius 1 is 1.27 bits per heavy atom. The van der Waals surface area contributed by atoms with Crippen LogP contribution in [0.3, 0.4) is 0 Å². The number of rotatable bonds is 7. The first-order chi connectivity index (χ1) is 12.4. The SMILES string of the molecule is COc1ccc(S(=O)(=O)NCC(O)(c2ccsc2)c2cccs2)cc1Cl. The third-order valence-corrected chi connectivity index (χ3v) is 7.28. The van der Waals surface area contributed by atoms with E-state index in [2.05, 4.69) is 4.72 Å². The van der Waals surface area contributed by atoms with Crippen molar-refractivity contribution >= 4 is 44.3 Å². The van der Waals surface area contributed by atoms with Gasteiger partial charge in [0.25, 0.3) is 0 Å². The average molecular weight is 430 g/mol. The highest BCUT2D eigenvalue weighted by Crippen LogP contribution is 2.34. The molecule has 0 bridgehead atoms. The van der Waals surface area contributed by atoms with Crippen molar-refractivity contribution in [1.29, 1.82) is 0 Å². The zero-order valence-electron chi connectivity index (χ0n) is 13.7. The number of sulfonamides is 1. The van der Waals surface area contributed by atoms with E-state index < -0.39 is 15.6 Å². The third kappa shape index (κ3) is 3.80. The molecule has 0 amide bonds. The average Bonchev–Trinajstić information content (AvgIpc) is 3.33. The van der Waals surface area contributed by atoms with E-state index in [0.29, 0.717) is 16.2 Å². The Morgan fingerprint density at radius 3 is 2.65 bits per heavy atom. The Balaban J connectivity index is 1.88. The van der Waals surface area contributed by atoms with Crippen LogP contribution in [0.4, 0.5) is 0 Å². The number of aliphatic hydroxyl groups is 1. The fourth-order valence-corrected chi connectivity index (χ4v) is 5.42. The number of methoxy groups -OCH3 is 1. The lowest BCUT2D eigenvalue weighted by atomic mass is 9.95. The normalized spacial score (nSPS) is 14.1. The number of nitrogens with one attached hydrogen (secondary N) is 1. The van der Waals surface area contributed by atoms with Gasteiger partial charge in [0.2, 0.25) is 10.0 Å². The second-order valence-corrected chi connectivity index (χ2v) is 9.37. The molecule has 138 valence electrons. The van der Waals surface area contributed by atoms with Crippen LogP contribution in [-0.2, 0) is 15.6 Å². The molecule has 0 aliphatic heterocycles. The van der Waals surface area contributed by atoms with Gasteiger partial charge in [0.1, 0.15) is 11.4 Å². The number of thiophene rings is 2. The zero-order chi connectivity index (χ0) is 18.8. The Bertz CT molecular complexity index is 935. The summed E-state index contributed by atoms with van der Waals surface area (Å²) < 4.78 is 32.8. The lowest BCUT2D eigenvalue weighted by molar-refractivity contribution is 0.0903. The van der Waals surface area contributed by atoms with Gasteiger partial charge in [-0.05, 0) is 46.5 Å². The van der Waals surface area contributed by atoms with Gasteiger partial charge in [-0.2, -0.15) is 11.3 Å². The summed E-state index contributed by atoms with van der Waals surface area (Å²) in [5.74, 6) is 0.388. The minimum Gasteiger partial charge on any atom is -0.495 e. The van der Waals surface area contributed by atoms with Crippen molar-refractivity contribution in [2.75, 3.05) is 13.7 Å². The van der Waals surface area contributed by atoms with Gasteiger partial charge >= 0.3 is 0 Å². The molecular weight excluding hydrogens is 414 g/mol. The summed E-state index contributed by atoms with van der Waals surface area (Å²) in [5, 5.41) is 16.9. The van der Waals surface area contributed by atoms with Crippen LogP contribution < -0.4 is 9.46 Å². The molecule has 5 nitrogen and oxygen atoms in total. The van der Waals surface area contributed by atoms with Gasteiger partial charge in [-0.15, -0.1) is 11.3 Å². The maximum absolute atomic E-state index is 12.7. The van der Waals surface area contributed by atoms with E-state index in [0.717, 1.165) is 0 Å².